The smallest absolute Gasteiger partial charge is 0.306 e. The van der Waals surface area contributed by atoms with Crippen LogP contribution in [0.3, 0.4) is 0 Å². The highest BCUT2D eigenvalue weighted by Gasteiger charge is 2.33. The van der Waals surface area contributed by atoms with Crippen LogP contribution in [0.15, 0.2) is 108 Å². The minimum Gasteiger partial charge on any atom is -0.469 e. The van der Waals surface area contributed by atoms with Crippen molar-refractivity contribution >= 4 is 23.2 Å². The number of esters is 1. The lowest BCUT2D eigenvalue weighted by Crippen LogP contribution is -2.50. The van der Waals surface area contributed by atoms with E-state index in [0.29, 0.717) is 6.61 Å². The second-order valence-corrected chi connectivity index (χ2v) is 12.5. The lowest BCUT2D eigenvalue weighted by molar-refractivity contribution is -0.144. The summed E-state index contributed by atoms with van der Waals surface area (Å²) in [6.45, 7) is 3.48. The fourth-order valence-corrected chi connectivity index (χ4v) is 6.85. The molecule has 0 aliphatic carbocycles. The molecule has 0 amide bonds. The van der Waals surface area contributed by atoms with Gasteiger partial charge in [0.25, 0.3) is 0 Å². The third-order valence-corrected chi connectivity index (χ3v) is 9.33. The Morgan fingerprint density at radius 3 is 2.24 bits per heavy atom. The van der Waals surface area contributed by atoms with Crippen molar-refractivity contribution in [3.8, 4) is 0 Å². The molecule has 0 saturated carbocycles. The second-order valence-electron chi connectivity index (χ2n) is 12.5. The molecule has 0 unspecified atom stereocenters. The molecule has 4 aromatic carbocycles. The number of methoxy groups -OCH3 is 1. The zero-order chi connectivity index (χ0) is 31.9. The first-order chi connectivity index (χ1) is 22.5. The third kappa shape index (κ3) is 7.52. The predicted octanol–water partition coefficient (Wildman–Crippen LogP) is 6.74. The minimum absolute atomic E-state index is 0.0185. The minimum atomic E-state index is -0.568. The second kappa shape index (κ2) is 14.8. The SMILES string of the molecule is COC(=O)C[C@H](C(=O)Cc1ccccc1CC[C@@H]1CN[C@H](C2=Nc3ccc(C)cc3C2)CO1)C(c1ccccc1)c1ccccc1. The van der Waals surface area contributed by atoms with Crippen LogP contribution in [-0.4, -0.2) is 49.9 Å². The van der Waals surface area contributed by atoms with Crippen molar-refractivity contribution in [1.82, 2.24) is 5.32 Å². The van der Waals surface area contributed by atoms with Crippen LogP contribution in [0.1, 0.15) is 52.1 Å². The van der Waals surface area contributed by atoms with Gasteiger partial charge in [-0.25, -0.2) is 0 Å². The van der Waals surface area contributed by atoms with E-state index in [1.54, 1.807) is 0 Å². The molecular weight excluding hydrogens is 572 g/mol. The summed E-state index contributed by atoms with van der Waals surface area (Å²) in [4.78, 5) is 31.8. The summed E-state index contributed by atoms with van der Waals surface area (Å²) in [6.07, 6.45) is 2.87. The number of aryl methyl sites for hydroxylation is 2. The van der Waals surface area contributed by atoms with E-state index in [4.69, 9.17) is 14.5 Å². The highest BCUT2D eigenvalue weighted by Crippen LogP contribution is 2.36. The number of hydrogen-bond donors (Lipinski definition) is 1. The molecule has 0 spiro atoms. The van der Waals surface area contributed by atoms with Gasteiger partial charge < -0.3 is 14.8 Å². The van der Waals surface area contributed by atoms with Crippen LogP contribution in [0.5, 0.6) is 0 Å². The predicted molar refractivity (Wildman–Crippen MR) is 182 cm³/mol. The molecule has 1 fully saturated rings. The first-order valence-corrected chi connectivity index (χ1v) is 16.3. The van der Waals surface area contributed by atoms with Crippen LogP contribution in [0, 0.1) is 12.8 Å². The van der Waals surface area contributed by atoms with Crippen molar-refractivity contribution in [3.63, 3.8) is 0 Å². The molecule has 46 heavy (non-hydrogen) atoms. The number of morpholine rings is 1. The largest absolute Gasteiger partial charge is 0.469 e. The summed E-state index contributed by atoms with van der Waals surface area (Å²) >= 11 is 0. The van der Waals surface area contributed by atoms with Crippen LogP contribution < -0.4 is 5.32 Å². The lowest BCUT2D eigenvalue weighted by atomic mass is 9.75. The molecule has 6 heteroatoms. The van der Waals surface area contributed by atoms with Crippen molar-refractivity contribution in [1.29, 1.82) is 0 Å². The molecule has 6 rings (SSSR count). The molecule has 0 radical (unpaired) electrons. The van der Waals surface area contributed by atoms with Gasteiger partial charge in [0.1, 0.15) is 5.78 Å². The van der Waals surface area contributed by atoms with Crippen molar-refractivity contribution < 1.29 is 19.1 Å². The van der Waals surface area contributed by atoms with E-state index < -0.39 is 5.92 Å². The summed E-state index contributed by atoms with van der Waals surface area (Å²) in [7, 11) is 1.38. The molecule has 4 aromatic rings. The molecule has 2 aliphatic heterocycles. The lowest BCUT2D eigenvalue weighted by Gasteiger charge is -2.31. The number of nitrogens with zero attached hydrogens (tertiary/aromatic N) is 1. The van der Waals surface area contributed by atoms with Gasteiger partial charge in [-0.2, -0.15) is 0 Å². The number of nitrogens with one attached hydrogen (secondary N) is 1. The van der Waals surface area contributed by atoms with E-state index in [9.17, 15) is 9.59 Å². The quantitative estimate of drug-likeness (QED) is 0.179. The van der Waals surface area contributed by atoms with E-state index in [1.807, 2.05) is 78.9 Å². The van der Waals surface area contributed by atoms with E-state index in [-0.39, 0.29) is 42.7 Å². The molecule has 3 atom stereocenters. The van der Waals surface area contributed by atoms with E-state index in [1.165, 1.54) is 18.2 Å². The number of hydrogen-bond acceptors (Lipinski definition) is 6. The number of ether oxygens (including phenoxy) is 2. The van der Waals surface area contributed by atoms with Gasteiger partial charge >= 0.3 is 5.97 Å². The van der Waals surface area contributed by atoms with Gasteiger partial charge in [-0.1, -0.05) is 103 Å². The van der Waals surface area contributed by atoms with E-state index >= 15 is 0 Å². The van der Waals surface area contributed by atoms with E-state index in [2.05, 4.69) is 36.5 Å². The Bertz CT molecular complexity index is 1640. The average Bonchev–Trinajstić information content (AvgIpc) is 3.52. The van der Waals surface area contributed by atoms with Crippen LogP contribution in [-0.2, 0) is 38.3 Å². The fraction of sp³-hybridized carbons (Fsp3) is 0.325. The number of aliphatic imine (C=N–C) groups is 1. The Morgan fingerprint density at radius 2 is 1.59 bits per heavy atom. The van der Waals surface area contributed by atoms with Crippen molar-refractivity contribution in [2.45, 2.75) is 57.1 Å². The molecule has 0 bridgehead atoms. The molecule has 2 aliphatic rings. The van der Waals surface area contributed by atoms with Gasteiger partial charge in [0.2, 0.25) is 0 Å². The number of carbonyl (C=O) groups is 2. The van der Waals surface area contributed by atoms with Crippen LogP contribution >= 0.6 is 0 Å². The number of Topliss-reactive ketones (excluding diaryl/α,β-unsaturated/α-hetero) is 1. The number of ketones is 1. The van der Waals surface area contributed by atoms with Crippen LogP contribution in [0.4, 0.5) is 5.69 Å². The zero-order valence-electron chi connectivity index (χ0n) is 26.7. The van der Waals surface area contributed by atoms with Gasteiger partial charge in [0.15, 0.2) is 0 Å². The Hall–Kier alpha value is -4.39. The van der Waals surface area contributed by atoms with Crippen LogP contribution in [0.2, 0.25) is 0 Å². The normalized spacial score (nSPS) is 18.1. The maximum Gasteiger partial charge on any atom is 0.306 e. The molecule has 1 N–H and O–H groups in total. The maximum absolute atomic E-state index is 14.2. The Kier molecular flexibility index (Phi) is 10.2. The summed E-state index contributed by atoms with van der Waals surface area (Å²) < 4.78 is 11.4. The van der Waals surface area contributed by atoms with Crippen molar-refractivity contribution in [3.05, 3.63) is 137 Å². The number of rotatable bonds is 12. The Balaban J connectivity index is 1.12. The number of benzene rings is 4. The van der Waals surface area contributed by atoms with Crippen molar-refractivity contribution in [2.75, 3.05) is 20.3 Å². The van der Waals surface area contributed by atoms with Gasteiger partial charge in [-0.3, -0.25) is 14.6 Å². The molecule has 236 valence electrons. The Morgan fingerprint density at radius 1 is 0.913 bits per heavy atom. The zero-order valence-corrected chi connectivity index (χ0v) is 26.7. The molecule has 2 heterocycles. The van der Waals surface area contributed by atoms with Gasteiger partial charge in [0, 0.05) is 36.9 Å². The van der Waals surface area contributed by atoms with Gasteiger partial charge in [-0.05, 0) is 53.6 Å². The third-order valence-electron chi connectivity index (χ3n) is 9.33. The Labute approximate surface area is 271 Å². The topological polar surface area (TPSA) is 77.0 Å². The first-order valence-electron chi connectivity index (χ1n) is 16.3. The molecule has 6 nitrogen and oxygen atoms in total. The summed E-state index contributed by atoms with van der Waals surface area (Å²) in [6, 6.07) is 34.7. The molecule has 0 aromatic heterocycles. The van der Waals surface area contributed by atoms with Crippen LogP contribution in [0.25, 0.3) is 0 Å². The van der Waals surface area contributed by atoms with E-state index in [0.717, 1.165) is 59.5 Å². The number of fused-ring (bicyclic) bond motifs is 1. The highest BCUT2D eigenvalue weighted by atomic mass is 16.5. The summed E-state index contributed by atoms with van der Waals surface area (Å²) in [5.74, 6) is -1.19. The molecular formula is C40H42N2O4. The first kappa shape index (κ1) is 31.6. The summed E-state index contributed by atoms with van der Waals surface area (Å²) in [5, 5.41) is 3.67. The average molecular weight is 615 g/mol. The monoisotopic (exact) mass is 614 g/mol. The number of carbonyl (C=O) groups excluding carboxylic acids is 2. The van der Waals surface area contributed by atoms with Crippen molar-refractivity contribution in [2.24, 2.45) is 10.9 Å². The highest BCUT2D eigenvalue weighted by molar-refractivity contribution is 5.98. The fourth-order valence-electron chi connectivity index (χ4n) is 6.85. The summed E-state index contributed by atoms with van der Waals surface area (Å²) in [5.41, 5.74) is 8.92. The van der Waals surface area contributed by atoms with Gasteiger partial charge in [-0.15, -0.1) is 0 Å². The molecule has 1 saturated heterocycles. The van der Waals surface area contributed by atoms with Gasteiger partial charge in [0.05, 0.1) is 38.0 Å². The maximum atomic E-state index is 14.2. The standard InChI is InChI=1S/C40H42N2O4/c1-27-17-20-35-32(21-27)22-36(42-35)37-26-46-33(25-41-37)19-18-28-11-9-10-16-31(28)23-38(43)34(24-39(44)45-2)40(29-12-5-3-6-13-29)30-14-7-4-8-15-30/h3-17,20-21,33-34,37,40-41H,18-19,22-26H2,1-2H3/t33-,34-,37+/m1/s1.